The number of ether oxygens (including phenoxy) is 1. The lowest BCUT2D eigenvalue weighted by molar-refractivity contribution is 0.260. The van der Waals surface area contributed by atoms with Gasteiger partial charge >= 0.3 is 0 Å². The van der Waals surface area contributed by atoms with E-state index in [0.717, 1.165) is 28.7 Å². The summed E-state index contributed by atoms with van der Waals surface area (Å²) in [4.78, 5) is 1.14. The maximum absolute atomic E-state index is 5.77. The molecule has 1 aromatic carbocycles. The molecule has 1 aromatic heterocycles. The minimum absolute atomic E-state index is 0.460. The summed E-state index contributed by atoms with van der Waals surface area (Å²) < 4.78 is 11.4. The van der Waals surface area contributed by atoms with Crippen molar-refractivity contribution in [3.05, 3.63) is 47.9 Å². The normalized spacial score (nSPS) is 10.6. The molecule has 4 heteroatoms. The molecule has 1 N–H and O–H groups in total. The Morgan fingerprint density at radius 3 is 2.72 bits per heavy atom. The van der Waals surface area contributed by atoms with Crippen molar-refractivity contribution in [1.82, 2.24) is 5.32 Å². The number of benzene rings is 1. The van der Waals surface area contributed by atoms with Crippen LogP contribution >= 0.6 is 11.8 Å². The fraction of sp³-hybridized carbons (Fsp3) is 0.286. The first-order chi connectivity index (χ1) is 8.83. The van der Waals surface area contributed by atoms with Gasteiger partial charge in [0.1, 0.15) is 23.9 Å². The molecule has 18 heavy (non-hydrogen) atoms. The second-order valence-electron chi connectivity index (χ2n) is 3.84. The molecule has 3 nitrogen and oxygen atoms in total. The molecule has 0 aliphatic carbocycles. The Balaban J connectivity index is 1.97. The van der Waals surface area contributed by atoms with Gasteiger partial charge in [-0.05, 0) is 37.6 Å². The monoisotopic (exact) mass is 263 g/mol. The molecular weight excluding hydrogens is 246 g/mol. The number of hydrogen-bond donors (Lipinski definition) is 1. The average Bonchev–Trinajstić information content (AvgIpc) is 2.85. The standard InChI is InChI=1S/C14H17NO2S/c1-15-9-11-7-8-12(17-11)10-16-13-5-3-4-6-14(13)18-2/h3-8,15H,9-10H2,1-2H3. The lowest BCUT2D eigenvalue weighted by atomic mass is 10.3. The Labute approximate surface area is 112 Å². The number of para-hydroxylation sites is 1. The number of nitrogens with one attached hydrogen (secondary N) is 1. The maximum atomic E-state index is 5.77. The maximum Gasteiger partial charge on any atom is 0.146 e. The van der Waals surface area contributed by atoms with Crippen LogP contribution in [-0.4, -0.2) is 13.3 Å². The van der Waals surface area contributed by atoms with E-state index in [1.54, 1.807) is 11.8 Å². The summed E-state index contributed by atoms with van der Waals surface area (Å²) in [6.45, 7) is 1.20. The highest BCUT2D eigenvalue weighted by Crippen LogP contribution is 2.27. The molecule has 0 atom stereocenters. The van der Waals surface area contributed by atoms with Crippen molar-refractivity contribution >= 4 is 11.8 Å². The molecule has 96 valence electrons. The van der Waals surface area contributed by atoms with Crippen molar-refractivity contribution in [2.75, 3.05) is 13.3 Å². The fourth-order valence-corrected chi connectivity index (χ4v) is 2.20. The van der Waals surface area contributed by atoms with Crippen LogP contribution in [-0.2, 0) is 13.2 Å². The molecular formula is C14H17NO2S. The molecule has 0 amide bonds. The van der Waals surface area contributed by atoms with Gasteiger partial charge in [0.15, 0.2) is 0 Å². The summed E-state index contributed by atoms with van der Waals surface area (Å²) in [5, 5.41) is 3.05. The zero-order chi connectivity index (χ0) is 12.8. The van der Waals surface area contributed by atoms with E-state index >= 15 is 0 Å². The van der Waals surface area contributed by atoms with Crippen molar-refractivity contribution in [3.63, 3.8) is 0 Å². The van der Waals surface area contributed by atoms with E-state index in [0.29, 0.717) is 6.61 Å². The zero-order valence-electron chi connectivity index (χ0n) is 10.6. The Morgan fingerprint density at radius 1 is 1.17 bits per heavy atom. The minimum Gasteiger partial charge on any atom is -0.484 e. The van der Waals surface area contributed by atoms with Gasteiger partial charge in [-0.1, -0.05) is 12.1 Å². The van der Waals surface area contributed by atoms with E-state index in [2.05, 4.69) is 11.4 Å². The molecule has 0 unspecified atom stereocenters. The highest BCUT2D eigenvalue weighted by molar-refractivity contribution is 7.98. The smallest absolute Gasteiger partial charge is 0.146 e. The largest absolute Gasteiger partial charge is 0.484 e. The average molecular weight is 263 g/mol. The van der Waals surface area contributed by atoms with Gasteiger partial charge in [-0.2, -0.15) is 0 Å². The van der Waals surface area contributed by atoms with Crippen LogP contribution in [0.15, 0.2) is 45.7 Å². The summed E-state index contributed by atoms with van der Waals surface area (Å²) in [6, 6.07) is 11.9. The molecule has 1 heterocycles. The highest BCUT2D eigenvalue weighted by Gasteiger charge is 2.05. The van der Waals surface area contributed by atoms with Gasteiger partial charge in [-0.15, -0.1) is 11.8 Å². The van der Waals surface area contributed by atoms with Crippen molar-refractivity contribution in [3.8, 4) is 5.75 Å². The molecule has 0 aliphatic heterocycles. The molecule has 2 aromatic rings. The van der Waals surface area contributed by atoms with Crippen LogP contribution in [0.5, 0.6) is 5.75 Å². The van der Waals surface area contributed by atoms with E-state index in [4.69, 9.17) is 9.15 Å². The van der Waals surface area contributed by atoms with Gasteiger partial charge in [0.25, 0.3) is 0 Å². The third-order valence-electron chi connectivity index (χ3n) is 2.51. The Hall–Kier alpha value is -1.39. The first-order valence-electron chi connectivity index (χ1n) is 5.81. The number of rotatable bonds is 6. The SMILES string of the molecule is CNCc1ccc(COc2ccccc2SC)o1. The predicted octanol–water partition coefficient (Wildman–Crippen LogP) is 3.30. The predicted molar refractivity (Wildman–Crippen MR) is 74.0 cm³/mol. The highest BCUT2D eigenvalue weighted by atomic mass is 32.2. The van der Waals surface area contributed by atoms with Crippen LogP contribution in [0.4, 0.5) is 0 Å². The summed E-state index contributed by atoms with van der Waals surface area (Å²) in [7, 11) is 1.90. The van der Waals surface area contributed by atoms with Crippen molar-refractivity contribution in [2.45, 2.75) is 18.0 Å². The van der Waals surface area contributed by atoms with Gasteiger partial charge in [0.05, 0.1) is 6.54 Å². The first-order valence-corrected chi connectivity index (χ1v) is 7.04. The van der Waals surface area contributed by atoms with Crippen LogP contribution < -0.4 is 10.1 Å². The van der Waals surface area contributed by atoms with Gasteiger partial charge in [0.2, 0.25) is 0 Å². The Morgan fingerprint density at radius 2 is 1.94 bits per heavy atom. The van der Waals surface area contributed by atoms with E-state index < -0.39 is 0 Å². The van der Waals surface area contributed by atoms with Gasteiger partial charge in [-0.3, -0.25) is 0 Å². The number of thioether (sulfide) groups is 1. The number of furan rings is 1. The lowest BCUT2D eigenvalue weighted by Gasteiger charge is -2.08. The molecule has 0 fully saturated rings. The molecule has 0 aliphatic rings. The second kappa shape index (κ2) is 6.52. The summed E-state index contributed by atoms with van der Waals surface area (Å²) in [5.41, 5.74) is 0. The number of hydrogen-bond acceptors (Lipinski definition) is 4. The summed E-state index contributed by atoms with van der Waals surface area (Å²) in [5.74, 6) is 2.67. The quantitative estimate of drug-likeness (QED) is 0.811. The lowest BCUT2D eigenvalue weighted by Crippen LogP contribution is -2.03. The Kier molecular flexibility index (Phi) is 4.73. The van der Waals surface area contributed by atoms with E-state index in [9.17, 15) is 0 Å². The topological polar surface area (TPSA) is 34.4 Å². The summed E-state index contributed by atoms with van der Waals surface area (Å²) >= 11 is 1.68. The van der Waals surface area contributed by atoms with Crippen molar-refractivity contribution in [1.29, 1.82) is 0 Å². The molecule has 2 rings (SSSR count). The Bertz CT molecular complexity index is 496. The van der Waals surface area contributed by atoms with Crippen LogP contribution in [0, 0.1) is 0 Å². The van der Waals surface area contributed by atoms with Crippen molar-refractivity contribution in [2.24, 2.45) is 0 Å². The minimum atomic E-state index is 0.460. The van der Waals surface area contributed by atoms with Gasteiger partial charge in [-0.25, -0.2) is 0 Å². The van der Waals surface area contributed by atoms with E-state index in [1.165, 1.54) is 0 Å². The molecule has 0 radical (unpaired) electrons. The molecule has 0 saturated carbocycles. The first kappa shape index (κ1) is 13.1. The molecule has 0 bridgehead atoms. The van der Waals surface area contributed by atoms with Crippen molar-refractivity contribution < 1.29 is 9.15 Å². The molecule has 0 spiro atoms. The van der Waals surface area contributed by atoms with Crippen LogP contribution in [0.3, 0.4) is 0 Å². The van der Waals surface area contributed by atoms with Crippen LogP contribution in [0.2, 0.25) is 0 Å². The van der Waals surface area contributed by atoms with Gasteiger partial charge < -0.3 is 14.5 Å². The fourth-order valence-electron chi connectivity index (χ4n) is 1.66. The second-order valence-corrected chi connectivity index (χ2v) is 4.69. The zero-order valence-corrected chi connectivity index (χ0v) is 11.4. The van der Waals surface area contributed by atoms with Crippen LogP contribution in [0.25, 0.3) is 0 Å². The summed E-state index contributed by atoms with van der Waals surface area (Å²) in [6.07, 6.45) is 2.04. The van der Waals surface area contributed by atoms with Crippen LogP contribution in [0.1, 0.15) is 11.5 Å². The third kappa shape index (κ3) is 3.31. The third-order valence-corrected chi connectivity index (χ3v) is 3.28. The van der Waals surface area contributed by atoms with E-state index in [1.807, 2.05) is 43.6 Å². The van der Waals surface area contributed by atoms with Gasteiger partial charge in [0, 0.05) is 4.90 Å². The van der Waals surface area contributed by atoms with E-state index in [-0.39, 0.29) is 0 Å². The molecule has 0 saturated heterocycles.